The molecule has 0 saturated carbocycles. The SMILES string of the molecule is Cc1ccc(C)n1-c1ccc(C(=O)OCC(=O)N2CCN(c3ccccn3)CC2)cc1. The van der Waals surface area contributed by atoms with Gasteiger partial charge in [0.1, 0.15) is 5.82 Å². The number of ether oxygens (including phenoxy) is 1. The van der Waals surface area contributed by atoms with Crippen molar-refractivity contribution in [1.82, 2.24) is 14.5 Å². The van der Waals surface area contributed by atoms with Gasteiger partial charge in [0.2, 0.25) is 0 Å². The van der Waals surface area contributed by atoms with Crippen LogP contribution in [0.25, 0.3) is 5.69 Å². The van der Waals surface area contributed by atoms with Crippen LogP contribution in [0.3, 0.4) is 0 Å². The van der Waals surface area contributed by atoms with E-state index in [1.165, 1.54) is 0 Å². The second-order valence-corrected chi connectivity index (χ2v) is 7.63. The summed E-state index contributed by atoms with van der Waals surface area (Å²) in [6, 6.07) is 17.1. The molecule has 1 saturated heterocycles. The largest absolute Gasteiger partial charge is 0.452 e. The second kappa shape index (κ2) is 9.04. The van der Waals surface area contributed by atoms with Gasteiger partial charge in [-0.1, -0.05) is 6.07 Å². The molecule has 3 aromatic rings. The van der Waals surface area contributed by atoms with Gasteiger partial charge < -0.3 is 19.1 Å². The van der Waals surface area contributed by atoms with Crippen LogP contribution in [0.4, 0.5) is 5.82 Å². The molecule has 0 bridgehead atoms. The van der Waals surface area contributed by atoms with Gasteiger partial charge in [-0.15, -0.1) is 0 Å². The summed E-state index contributed by atoms with van der Waals surface area (Å²) in [6.07, 6.45) is 1.76. The minimum absolute atomic E-state index is 0.177. The lowest BCUT2D eigenvalue weighted by Crippen LogP contribution is -2.50. The van der Waals surface area contributed by atoms with Gasteiger partial charge in [0, 0.05) is 49.5 Å². The number of hydrogen-bond acceptors (Lipinski definition) is 5. The van der Waals surface area contributed by atoms with E-state index >= 15 is 0 Å². The van der Waals surface area contributed by atoms with Crippen molar-refractivity contribution in [3.63, 3.8) is 0 Å². The lowest BCUT2D eigenvalue weighted by atomic mass is 10.2. The van der Waals surface area contributed by atoms with Crippen LogP contribution in [0, 0.1) is 13.8 Å². The number of benzene rings is 1. The molecule has 0 aliphatic carbocycles. The number of nitrogens with zero attached hydrogens (tertiary/aromatic N) is 4. The van der Waals surface area contributed by atoms with Gasteiger partial charge in [-0.25, -0.2) is 9.78 Å². The van der Waals surface area contributed by atoms with Crippen LogP contribution >= 0.6 is 0 Å². The molecule has 0 atom stereocenters. The summed E-state index contributed by atoms with van der Waals surface area (Å²) in [5, 5.41) is 0. The van der Waals surface area contributed by atoms with E-state index in [2.05, 4.69) is 26.6 Å². The van der Waals surface area contributed by atoms with Crippen molar-refractivity contribution in [1.29, 1.82) is 0 Å². The molecule has 1 amide bonds. The number of carbonyl (C=O) groups excluding carboxylic acids is 2. The fraction of sp³-hybridized carbons (Fsp3) is 0.292. The Kier molecular flexibility index (Phi) is 6.02. The summed E-state index contributed by atoms with van der Waals surface area (Å²) < 4.78 is 7.38. The molecular formula is C24H26N4O3. The molecule has 3 heterocycles. The highest BCUT2D eigenvalue weighted by atomic mass is 16.5. The number of anilines is 1. The number of aromatic nitrogens is 2. The zero-order valence-corrected chi connectivity index (χ0v) is 17.8. The second-order valence-electron chi connectivity index (χ2n) is 7.63. The van der Waals surface area contributed by atoms with E-state index in [0.717, 1.165) is 22.9 Å². The van der Waals surface area contributed by atoms with Crippen molar-refractivity contribution in [3.05, 3.63) is 77.7 Å². The summed E-state index contributed by atoms with van der Waals surface area (Å²) in [7, 11) is 0. The molecule has 4 rings (SSSR count). The molecule has 0 spiro atoms. The third-order valence-electron chi connectivity index (χ3n) is 5.56. The maximum absolute atomic E-state index is 12.5. The van der Waals surface area contributed by atoms with Crippen molar-refractivity contribution in [2.45, 2.75) is 13.8 Å². The Morgan fingerprint density at radius 3 is 2.19 bits per heavy atom. The average molecular weight is 418 g/mol. The quantitative estimate of drug-likeness (QED) is 0.596. The molecule has 0 unspecified atom stereocenters. The van der Waals surface area contributed by atoms with Crippen molar-refractivity contribution < 1.29 is 14.3 Å². The van der Waals surface area contributed by atoms with E-state index in [9.17, 15) is 9.59 Å². The van der Waals surface area contributed by atoms with Crippen LogP contribution in [0.5, 0.6) is 0 Å². The minimum Gasteiger partial charge on any atom is -0.452 e. The molecule has 7 nitrogen and oxygen atoms in total. The summed E-state index contributed by atoms with van der Waals surface area (Å²) >= 11 is 0. The first-order valence-corrected chi connectivity index (χ1v) is 10.4. The Morgan fingerprint density at radius 2 is 1.58 bits per heavy atom. The molecule has 2 aromatic heterocycles. The Balaban J connectivity index is 1.28. The van der Waals surface area contributed by atoms with Crippen molar-refractivity contribution >= 4 is 17.7 Å². The molecule has 1 fully saturated rings. The number of amides is 1. The highest BCUT2D eigenvalue weighted by Gasteiger charge is 2.23. The van der Waals surface area contributed by atoms with Gasteiger partial charge in [-0.05, 0) is 62.4 Å². The maximum atomic E-state index is 12.5. The first-order chi connectivity index (χ1) is 15.0. The molecule has 1 aromatic carbocycles. The number of rotatable bonds is 5. The lowest BCUT2D eigenvalue weighted by Gasteiger charge is -2.35. The fourth-order valence-electron chi connectivity index (χ4n) is 3.85. The zero-order chi connectivity index (χ0) is 21.8. The standard InChI is InChI=1S/C24H26N4O3/c1-18-6-7-19(2)28(18)21-10-8-20(9-11-21)24(30)31-17-23(29)27-15-13-26(14-16-27)22-5-3-4-12-25-22/h3-12H,13-17H2,1-2H3. The van der Waals surface area contributed by atoms with Crippen LogP contribution in [0.15, 0.2) is 60.8 Å². The van der Waals surface area contributed by atoms with Crippen LogP contribution in [0.1, 0.15) is 21.7 Å². The van der Waals surface area contributed by atoms with E-state index < -0.39 is 5.97 Å². The Labute approximate surface area is 181 Å². The number of hydrogen-bond donors (Lipinski definition) is 0. The average Bonchev–Trinajstić information content (AvgIpc) is 3.16. The highest BCUT2D eigenvalue weighted by molar-refractivity contribution is 5.91. The number of pyridine rings is 1. The summed E-state index contributed by atoms with van der Waals surface area (Å²) in [4.78, 5) is 33.1. The van der Waals surface area contributed by atoms with E-state index in [1.807, 2.05) is 44.2 Å². The molecule has 160 valence electrons. The fourth-order valence-corrected chi connectivity index (χ4v) is 3.85. The Morgan fingerprint density at radius 1 is 0.903 bits per heavy atom. The van der Waals surface area contributed by atoms with Gasteiger partial charge in [0.15, 0.2) is 6.61 Å². The molecular weight excluding hydrogens is 392 g/mol. The van der Waals surface area contributed by atoms with E-state index in [-0.39, 0.29) is 12.5 Å². The maximum Gasteiger partial charge on any atom is 0.338 e. The zero-order valence-electron chi connectivity index (χ0n) is 17.8. The number of aryl methyl sites for hydroxylation is 2. The van der Waals surface area contributed by atoms with Gasteiger partial charge in [-0.2, -0.15) is 0 Å². The lowest BCUT2D eigenvalue weighted by molar-refractivity contribution is -0.134. The van der Waals surface area contributed by atoms with Crippen molar-refractivity contribution in [2.75, 3.05) is 37.7 Å². The first kappa shape index (κ1) is 20.7. The molecule has 7 heteroatoms. The predicted octanol–water partition coefficient (Wildman–Crippen LogP) is 2.99. The van der Waals surface area contributed by atoms with Gasteiger partial charge in [0.25, 0.3) is 5.91 Å². The first-order valence-electron chi connectivity index (χ1n) is 10.4. The minimum atomic E-state index is -0.493. The van der Waals surface area contributed by atoms with Crippen molar-refractivity contribution in [3.8, 4) is 5.69 Å². The van der Waals surface area contributed by atoms with Gasteiger partial charge in [0.05, 0.1) is 5.56 Å². The number of piperazine rings is 1. The smallest absolute Gasteiger partial charge is 0.338 e. The third-order valence-corrected chi connectivity index (χ3v) is 5.56. The van der Waals surface area contributed by atoms with Crippen LogP contribution < -0.4 is 4.90 Å². The topological polar surface area (TPSA) is 67.7 Å². The van der Waals surface area contributed by atoms with Crippen LogP contribution in [-0.4, -0.2) is 59.1 Å². The predicted molar refractivity (Wildman–Crippen MR) is 119 cm³/mol. The number of esters is 1. The summed E-state index contributed by atoms with van der Waals surface area (Å²) in [5.41, 5.74) is 3.67. The third kappa shape index (κ3) is 4.60. The summed E-state index contributed by atoms with van der Waals surface area (Å²) in [6.45, 7) is 6.40. The van der Waals surface area contributed by atoms with E-state index in [0.29, 0.717) is 31.7 Å². The van der Waals surface area contributed by atoms with Crippen molar-refractivity contribution in [2.24, 2.45) is 0 Å². The Bertz CT molecular complexity index is 1030. The molecule has 1 aliphatic heterocycles. The van der Waals surface area contributed by atoms with Crippen LogP contribution in [-0.2, 0) is 9.53 Å². The molecule has 31 heavy (non-hydrogen) atoms. The Hall–Kier alpha value is -3.61. The van der Waals surface area contributed by atoms with E-state index in [4.69, 9.17) is 4.74 Å². The molecule has 0 N–H and O–H groups in total. The van der Waals surface area contributed by atoms with Crippen LogP contribution in [0.2, 0.25) is 0 Å². The van der Waals surface area contributed by atoms with Gasteiger partial charge in [-0.3, -0.25) is 4.79 Å². The van der Waals surface area contributed by atoms with E-state index in [1.54, 1.807) is 23.2 Å². The molecule has 0 radical (unpaired) electrons. The monoisotopic (exact) mass is 418 g/mol. The summed E-state index contributed by atoms with van der Waals surface area (Å²) in [5.74, 6) is 0.243. The van der Waals surface area contributed by atoms with Gasteiger partial charge >= 0.3 is 5.97 Å². The number of carbonyl (C=O) groups is 2. The normalized spacial score (nSPS) is 13.9. The highest BCUT2D eigenvalue weighted by Crippen LogP contribution is 2.17. The molecule has 1 aliphatic rings.